The summed E-state index contributed by atoms with van der Waals surface area (Å²) in [5, 5.41) is 4.80. The number of para-hydroxylation sites is 4. The molecule has 0 atom stereocenters. The van der Waals surface area contributed by atoms with Gasteiger partial charge in [-0.25, -0.2) is 15.0 Å². The lowest BCUT2D eigenvalue weighted by molar-refractivity contribution is 1.07. The van der Waals surface area contributed by atoms with Crippen LogP contribution in [-0.2, 0) is 0 Å². The third kappa shape index (κ3) is 4.45. The molecule has 234 valence electrons. The molecule has 50 heavy (non-hydrogen) atoms. The van der Waals surface area contributed by atoms with Gasteiger partial charge >= 0.3 is 0 Å². The lowest BCUT2D eigenvalue weighted by Crippen LogP contribution is -2.01. The SMILES string of the molecule is c1ccc(-c2nc(-c3ccccc3)nc(-c3ccc4c5ccccc5n(-c5cccc6c7ccccc7n(-c7ccccc7)c56)c4c3)n2)cc1. The maximum absolute atomic E-state index is 5.06. The van der Waals surface area contributed by atoms with Crippen LogP contribution in [0.15, 0.2) is 176 Å². The molecule has 10 rings (SSSR count). The van der Waals surface area contributed by atoms with Gasteiger partial charge in [-0.05, 0) is 36.4 Å². The topological polar surface area (TPSA) is 48.5 Å². The molecule has 0 bridgehead atoms. The number of rotatable bonds is 5. The summed E-state index contributed by atoms with van der Waals surface area (Å²) in [5.41, 5.74) is 9.62. The summed E-state index contributed by atoms with van der Waals surface area (Å²) in [6.07, 6.45) is 0. The smallest absolute Gasteiger partial charge is 0.164 e. The van der Waals surface area contributed by atoms with Crippen molar-refractivity contribution in [2.45, 2.75) is 0 Å². The lowest BCUT2D eigenvalue weighted by atomic mass is 10.1. The number of hydrogen-bond donors (Lipinski definition) is 0. The normalized spacial score (nSPS) is 11.6. The molecular weight excluding hydrogens is 611 g/mol. The molecule has 3 aromatic heterocycles. The molecule has 3 heterocycles. The Kier molecular flexibility index (Phi) is 6.42. The van der Waals surface area contributed by atoms with Gasteiger partial charge in [0.2, 0.25) is 0 Å². The van der Waals surface area contributed by atoms with Crippen molar-refractivity contribution in [2.75, 3.05) is 0 Å². The number of nitrogens with zero attached hydrogens (tertiary/aromatic N) is 5. The van der Waals surface area contributed by atoms with E-state index in [1.54, 1.807) is 0 Å². The molecule has 0 aliphatic carbocycles. The maximum Gasteiger partial charge on any atom is 0.164 e. The van der Waals surface area contributed by atoms with Gasteiger partial charge in [-0.15, -0.1) is 0 Å². The van der Waals surface area contributed by atoms with Crippen LogP contribution >= 0.6 is 0 Å². The standard InChI is InChI=1S/C45H29N5/c1-4-15-30(16-5-1)43-46-44(31-17-6-2-7-18-31)48-45(47-43)32-27-28-36-34-21-10-13-25-39(34)50(41(36)29-32)40-26-14-23-37-35-22-11-12-24-38(35)49(42(37)40)33-19-8-3-9-20-33/h1-29H. The van der Waals surface area contributed by atoms with Crippen LogP contribution in [0, 0.1) is 0 Å². The van der Waals surface area contributed by atoms with E-state index in [-0.39, 0.29) is 0 Å². The molecule has 0 fully saturated rings. The van der Waals surface area contributed by atoms with Gasteiger partial charge < -0.3 is 9.13 Å². The maximum atomic E-state index is 5.06. The first-order valence-corrected chi connectivity index (χ1v) is 16.8. The van der Waals surface area contributed by atoms with E-state index in [0.717, 1.165) is 44.6 Å². The first-order valence-electron chi connectivity index (χ1n) is 16.8. The third-order valence-corrected chi connectivity index (χ3v) is 9.56. The average molecular weight is 640 g/mol. The quantitative estimate of drug-likeness (QED) is 0.188. The predicted octanol–water partition coefficient (Wildman–Crippen LogP) is 11.1. The molecule has 5 nitrogen and oxygen atoms in total. The van der Waals surface area contributed by atoms with Crippen LogP contribution in [0.5, 0.6) is 0 Å². The summed E-state index contributed by atoms with van der Waals surface area (Å²) < 4.78 is 4.81. The minimum absolute atomic E-state index is 0.632. The van der Waals surface area contributed by atoms with Crippen molar-refractivity contribution in [3.8, 4) is 45.5 Å². The number of benzene rings is 7. The summed E-state index contributed by atoms with van der Waals surface area (Å²) in [5.74, 6) is 1.92. The Bertz CT molecular complexity index is 2800. The fourth-order valence-corrected chi connectivity index (χ4v) is 7.33. The summed E-state index contributed by atoms with van der Waals surface area (Å²) in [7, 11) is 0. The molecule has 0 radical (unpaired) electrons. The second kappa shape index (κ2) is 11.4. The lowest BCUT2D eigenvalue weighted by Gasteiger charge is -2.14. The van der Waals surface area contributed by atoms with E-state index in [0.29, 0.717) is 17.5 Å². The molecule has 7 aromatic carbocycles. The van der Waals surface area contributed by atoms with Crippen molar-refractivity contribution in [1.82, 2.24) is 24.1 Å². The number of hydrogen-bond acceptors (Lipinski definition) is 3. The van der Waals surface area contributed by atoms with E-state index in [2.05, 4.69) is 124 Å². The van der Waals surface area contributed by atoms with Crippen molar-refractivity contribution >= 4 is 43.6 Å². The molecule has 0 aliphatic heterocycles. The summed E-state index contributed by atoms with van der Waals surface area (Å²) in [6, 6.07) is 61.5. The van der Waals surface area contributed by atoms with Crippen LogP contribution in [0.25, 0.3) is 89.2 Å². The van der Waals surface area contributed by atoms with Crippen LogP contribution in [-0.4, -0.2) is 24.1 Å². The van der Waals surface area contributed by atoms with E-state index in [4.69, 9.17) is 15.0 Å². The van der Waals surface area contributed by atoms with Crippen LogP contribution in [0.3, 0.4) is 0 Å². The Morgan fingerprint density at radius 2 is 0.800 bits per heavy atom. The molecule has 0 aliphatic rings. The average Bonchev–Trinajstić information content (AvgIpc) is 3.71. The van der Waals surface area contributed by atoms with Crippen molar-refractivity contribution in [3.05, 3.63) is 176 Å². The first-order chi connectivity index (χ1) is 24.8. The molecule has 10 aromatic rings. The zero-order valence-electron chi connectivity index (χ0n) is 27.0. The van der Waals surface area contributed by atoms with Gasteiger partial charge in [-0.1, -0.05) is 140 Å². The van der Waals surface area contributed by atoms with E-state index in [1.807, 2.05) is 60.7 Å². The van der Waals surface area contributed by atoms with Gasteiger partial charge in [0.05, 0.1) is 27.8 Å². The van der Waals surface area contributed by atoms with Gasteiger partial charge in [0.1, 0.15) is 0 Å². The van der Waals surface area contributed by atoms with Gasteiger partial charge in [0.25, 0.3) is 0 Å². The second-order valence-corrected chi connectivity index (χ2v) is 12.5. The van der Waals surface area contributed by atoms with Gasteiger partial charge in [-0.3, -0.25) is 0 Å². The minimum Gasteiger partial charge on any atom is -0.307 e. The molecule has 5 heteroatoms. The van der Waals surface area contributed by atoms with Crippen molar-refractivity contribution in [2.24, 2.45) is 0 Å². The predicted molar refractivity (Wildman–Crippen MR) is 205 cm³/mol. The number of aromatic nitrogens is 5. The highest BCUT2D eigenvalue weighted by molar-refractivity contribution is 6.15. The Morgan fingerprint density at radius 3 is 1.44 bits per heavy atom. The third-order valence-electron chi connectivity index (χ3n) is 9.56. The van der Waals surface area contributed by atoms with Crippen LogP contribution in [0.1, 0.15) is 0 Å². The highest BCUT2D eigenvalue weighted by Gasteiger charge is 2.21. The van der Waals surface area contributed by atoms with E-state index >= 15 is 0 Å². The van der Waals surface area contributed by atoms with Crippen molar-refractivity contribution in [3.63, 3.8) is 0 Å². The van der Waals surface area contributed by atoms with Crippen molar-refractivity contribution < 1.29 is 0 Å². The summed E-state index contributed by atoms with van der Waals surface area (Å²) >= 11 is 0. The highest BCUT2D eigenvalue weighted by Crippen LogP contribution is 2.40. The Labute approximate surface area is 288 Å². The van der Waals surface area contributed by atoms with Gasteiger partial charge in [0.15, 0.2) is 17.5 Å². The molecule has 0 N–H and O–H groups in total. The molecule has 0 saturated heterocycles. The molecular formula is C45H29N5. The van der Waals surface area contributed by atoms with Crippen LogP contribution in [0.4, 0.5) is 0 Å². The summed E-state index contributed by atoms with van der Waals surface area (Å²) in [4.78, 5) is 15.0. The fourth-order valence-electron chi connectivity index (χ4n) is 7.33. The van der Waals surface area contributed by atoms with Crippen molar-refractivity contribution in [1.29, 1.82) is 0 Å². The Balaban J connectivity index is 1.27. The minimum atomic E-state index is 0.632. The molecule has 0 amide bonds. The summed E-state index contributed by atoms with van der Waals surface area (Å²) in [6.45, 7) is 0. The highest BCUT2D eigenvalue weighted by atomic mass is 15.1. The Hall–Kier alpha value is -6.85. The molecule has 0 saturated carbocycles. The van der Waals surface area contributed by atoms with Gasteiger partial charge in [-0.2, -0.15) is 0 Å². The molecule has 0 unspecified atom stereocenters. The molecule has 0 spiro atoms. The van der Waals surface area contributed by atoms with Gasteiger partial charge in [0, 0.05) is 43.9 Å². The zero-order chi connectivity index (χ0) is 33.0. The zero-order valence-corrected chi connectivity index (χ0v) is 27.0. The van der Waals surface area contributed by atoms with E-state index in [1.165, 1.54) is 27.1 Å². The fraction of sp³-hybridized carbons (Fsp3) is 0. The largest absolute Gasteiger partial charge is 0.307 e. The number of fused-ring (bicyclic) bond motifs is 6. The first kappa shape index (κ1) is 28.2. The van der Waals surface area contributed by atoms with E-state index in [9.17, 15) is 0 Å². The van der Waals surface area contributed by atoms with E-state index < -0.39 is 0 Å². The van der Waals surface area contributed by atoms with Crippen LogP contribution in [0.2, 0.25) is 0 Å². The van der Waals surface area contributed by atoms with Crippen LogP contribution < -0.4 is 0 Å². The monoisotopic (exact) mass is 639 g/mol. The second-order valence-electron chi connectivity index (χ2n) is 12.5. The Morgan fingerprint density at radius 1 is 0.320 bits per heavy atom.